The van der Waals surface area contributed by atoms with Crippen molar-refractivity contribution in [2.24, 2.45) is 0 Å². The molecule has 0 aromatic heterocycles. The minimum absolute atomic E-state index is 0.0305. The van der Waals surface area contributed by atoms with Crippen molar-refractivity contribution in [3.63, 3.8) is 0 Å². The highest BCUT2D eigenvalue weighted by Crippen LogP contribution is 2.28. The van der Waals surface area contributed by atoms with Crippen LogP contribution in [0.5, 0.6) is 5.75 Å². The van der Waals surface area contributed by atoms with Crippen LogP contribution in [0.25, 0.3) is 0 Å². The van der Waals surface area contributed by atoms with Crippen LogP contribution >= 0.6 is 11.6 Å². The summed E-state index contributed by atoms with van der Waals surface area (Å²) in [5, 5.41) is 0.520. The van der Waals surface area contributed by atoms with Gasteiger partial charge in [0.1, 0.15) is 11.6 Å². The molecule has 1 heterocycles. The van der Waals surface area contributed by atoms with Crippen LogP contribution in [-0.2, 0) is 11.3 Å². The molecule has 0 bridgehead atoms. The summed E-state index contributed by atoms with van der Waals surface area (Å²) in [5.74, 6) is 0.272. The number of rotatable bonds is 5. The van der Waals surface area contributed by atoms with Gasteiger partial charge in [0.2, 0.25) is 0 Å². The van der Waals surface area contributed by atoms with Crippen LogP contribution in [0.1, 0.15) is 30.5 Å². The summed E-state index contributed by atoms with van der Waals surface area (Å²) in [4.78, 5) is 17.0. The molecule has 1 amide bonds. The van der Waals surface area contributed by atoms with Gasteiger partial charge in [-0.05, 0) is 68.7 Å². The summed E-state index contributed by atoms with van der Waals surface area (Å²) in [6.45, 7) is 10.2. The van der Waals surface area contributed by atoms with Crippen LogP contribution in [0.3, 0.4) is 0 Å². The zero-order valence-corrected chi connectivity index (χ0v) is 18.2. The second kappa shape index (κ2) is 9.14. The molecule has 1 aliphatic heterocycles. The number of nitrogens with zero attached hydrogens (tertiary/aromatic N) is 2. The fourth-order valence-electron chi connectivity index (χ4n) is 3.68. The first-order valence-electron chi connectivity index (χ1n) is 9.92. The summed E-state index contributed by atoms with van der Waals surface area (Å²) in [6, 6.07) is 10.6. The molecule has 4 nitrogen and oxygen atoms in total. The number of piperazine rings is 1. The second-order valence-electron chi connectivity index (χ2n) is 7.96. The van der Waals surface area contributed by atoms with E-state index in [4.69, 9.17) is 16.3 Å². The van der Waals surface area contributed by atoms with Crippen molar-refractivity contribution < 1.29 is 13.9 Å². The predicted octanol–water partition coefficient (Wildman–Crippen LogP) is 4.60. The third kappa shape index (κ3) is 5.28. The molecule has 6 heteroatoms. The van der Waals surface area contributed by atoms with E-state index in [0.29, 0.717) is 17.3 Å². The lowest BCUT2D eigenvalue weighted by molar-refractivity contribution is -0.139. The third-order valence-corrected chi connectivity index (χ3v) is 5.93. The van der Waals surface area contributed by atoms with Gasteiger partial charge >= 0.3 is 0 Å². The topological polar surface area (TPSA) is 32.8 Å². The lowest BCUT2D eigenvalue weighted by Gasteiger charge is -2.44. The first-order valence-corrected chi connectivity index (χ1v) is 10.3. The number of carbonyl (C=O) groups is 1. The Hall–Kier alpha value is -2.11. The first kappa shape index (κ1) is 21.6. The predicted molar refractivity (Wildman–Crippen MR) is 114 cm³/mol. The van der Waals surface area contributed by atoms with Gasteiger partial charge in [-0.1, -0.05) is 23.7 Å². The minimum atomic E-state index is -0.227. The Balaban J connectivity index is 1.58. The van der Waals surface area contributed by atoms with Crippen molar-refractivity contribution in [3.8, 4) is 5.75 Å². The zero-order chi connectivity index (χ0) is 21.1. The average molecular weight is 419 g/mol. The van der Waals surface area contributed by atoms with E-state index in [1.807, 2.05) is 49.9 Å². The highest BCUT2D eigenvalue weighted by molar-refractivity contribution is 6.32. The van der Waals surface area contributed by atoms with E-state index in [1.54, 1.807) is 0 Å². The number of hydrogen-bond acceptors (Lipinski definition) is 3. The van der Waals surface area contributed by atoms with Gasteiger partial charge in [-0.25, -0.2) is 4.39 Å². The number of carbonyl (C=O) groups excluding carboxylic acids is 1. The van der Waals surface area contributed by atoms with Gasteiger partial charge in [0, 0.05) is 31.7 Å². The van der Waals surface area contributed by atoms with Gasteiger partial charge < -0.3 is 9.64 Å². The van der Waals surface area contributed by atoms with Crippen molar-refractivity contribution in [2.75, 3.05) is 19.7 Å². The average Bonchev–Trinajstić information content (AvgIpc) is 2.67. The molecule has 2 atom stereocenters. The number of benzene rings is 2. The van der Waals surface area contributed by atoms with E-state index in [9.17, 15) is 9.18 Å². The lowest BCUT2D eigenvalue weighted by Crippen LogP contribution is -2.58. The Morgan fingerprint density at radius 1 is 1.10 bits per heavy atom. The first-order chi connectivity index (χ1) is 13.7. The zero-order valence-electron chi connectivity index (χ0n) is 17.4. The number of amides is 1. The summed E-state index contributed by atoms with van der Waals surface area (Å²) < 4.78 is 18.9. The second-order valence-corrected chi connectivity index (χ2v) is 8.36. The number of aryl methyl sites for hydroxylation is 2. The molecule has 1 saturated heterocycles. The normalized spacial score (nSPS) is 20.0. The van der Waals surface area contributed by atoms with Crippen LogP contribution in [0.15, 0.2) is 36.4 Å². The minimum Gasteiger partial charge on any atom is -0.482 e. The number of hydrogen-bond donors (Lipinski definition) is 0. The summed E-state index contributed by atoms with van der Waals surface area (Å²) in [7, 11) is 0. The van der Waals surface area contributed by atoms with Crippen molar-refractivity contribution in [3.05, 3.63) is 63.9 Å². The smallest absolute Gasteiger partial charge is 0.260 e. The van der Waals surface area contributed by atoms with Crippen LogP contribution in [0.2, 0.25) is 5.02 Å². The molecule has 0 aliphatic carbocycles. The summed E-state index contributed by atoms with van der Waals surface area (Å²) in [5.41, 5.74) is 3.24. The molecular weight excluding hydrogens is 391 g/mol. The van der Waals surface area contributed by atoms with Crippen molar-refractivity contribution in [1.82, 2.24) is 9.80 Å². The van der Waals surface area contributed by atoms with E-state index < -0.39 is 0 Å². The molecule has 1 fully saturated rings. The standard InChI is InChI=1S/C23H28ClFN2O2/c1-15-9-21(24)22(10-16(15)2)29-14-23(28)27-12-17(3)26(11-18(27)4)13-19-5-7-20(25)8-6-19/h5-10,17-18H,11-14H2,1-4H3. The van der Waals surface area contributed by atoms with Gasteiger partial charge in [-0.15, -0.1) is 0 Å². The van der Waals surface area contributed by atoms with Gasteiger partial charge in [0.15, 0.2) is 6.61 Å². The van der Waals surface area contributed by atoms with Gasteiger partial charge in [-0.2, -0.15) is 0 Å². The highest BCUT2D eigenvalue weighted by Gasteiger charge is 2.32. The quantitative estimate of drug-likeness (QED) is 0.711. The van der Waals surface area contributed by atoms with E-state index in [0.717, 1.165) is 29.8 Å². The number of halogens is 2. The summed E-state index contributed by atoms with van der Waals surface area (Å²) in [6.07, 6.45) is 0. The van der Waals surface area contributed by atoms with Crippen molar-refractivity contribution in [2.45, 2.75) is 46.3 Å². The maximum atomic E-state index is 13.1. The maximum absolute atomic E-state index is 13.1. The Morgan fingerprint density at radius 2 is 1.76 bits per heavy atom. The molecule has 2 aromatic carbocycles. The Morgan fingerprint density at radius 3 is 2.45 bits per heavy atom. The van der Waals surface area contributed by atoms with Gasteiger partial charge in [0.05, 0.1) is 5.02 Å². The van der Waals surface area contributed by atoms with E-state index in [2.05, 4.69) is 11.8 Å². The highest BCUT2D eigenvalue weighted by atomic mass is 35.5. The van der Waals surface area contributed by atoms with Gasteiger partial charge in [0.25, 0.3) is 5.91 Å². The van der Waals surface area contributed by atoms with Crippen molar-refractivity contribution >= 4 is 17.5 Å². The van der Waals surface area contributed by atoms with E-state index in [1.165, 1.54) is 12.1 Å². The fourth-order valence-corrected chi connectivity index (χ4v) is 3.95. The lowest BCUT2D eigenvalue weighted by atomic mass is 10.1. The van der Waals surface area contributed by atoms with Crippen LogP contribution < -0.4 is 4.74 Å². The fraction of sp³-hybridized carbons (Fsp3) is 0.435. The molecule has 29 heavy (non-hydrogen) atoms. The molecule has 2 aromatic rings. The van der Waals surface area contributed by atoms with Gasteiger partial charge in [-0.3, -0.25) is 9.69 Å². The molecule has 156 valence electrons. The molecule has 0 saturated carbocycles. The Kier molecular flexibility index (Phi) is 6.81. The van der Waals surface area contributed by atoms with Crippen LogP contribution in [0.4, 0.5) is 4.39 Å². The van der Waals surface area contributed by atoms with E-state index >= 15 is 0 Å². The molecule has 3 rings (SSSR count). The van der Waals surface area contributed by atoms with E-state index in [-0.39, 0.29) is 30.4 Å². The SMILES string of the molecule is Cc1cc(Cl)c(OCC(=O)N2CC(C)N(Cc3ccc(F)cc3)CC2C)cc1C. The molecule has 0 radical (unpaired) electrons. The summed E-state index contributed by atoms with van der Waals surface area (Å²) >= 11 is 6.25. The third-order valence-electron chi connectivity index (χ3n) is 5.63. The van der Waals surface area contributed by atoms with Crippen molar-refractivity contribution in [1.29, 1.82) is 0 Å². The Labute approximate surface area is 177 Å². The molecule has 0 spiro atoms. The molecular formula is C23H28ClFN2O2. The monoisotopic (exact) mass is 418 g/mol. The Bertz CT molecular complexity index is 872. The van der Waals surface area contributed by atoms with Crippen LogP contribution in [0, 0.1) is 19.7 Å². The largest absolute Gasteiger partial charge is 0.482 e. The molecule has 2 unspecified atom stereocenters. The molecule has 0 N–H and O–H groups in total. The maximum Gasteiger partial charge on any atom is 0.260 e. The number of ether oxygens (including phenoxy) is 1. The van der Waals surface area contributed by atoms with Crippen LogP contribution in [-0.4, -0.2) is 47.5 Å². The molecule has 1 aliphatic rings.